The van der Waals surface area contributed by atoms with Crippen LogP contribution in [-0.2, 0) is 19.4 Å². The minimum absolute atomic E-state index is 0.0223. The summed E-state index contributed by atoms with van der Waals surface area (Å²) in [5.74, 6) is -1.19. The highest BCUT2D eigenvalue weighted by Gasteiger charge is 2.18. The number of esters is 1. The van der Waals surface area contributed by atoms with Crippen molar-refractivity contribution >= 4 is 32.5 Å². The third-order valence-corrected chi connectivity index (χ3v) is 5.97. The van der Waals surface area contributed by atoms with Gasteiger partial charge in [-0.25, -0.2) is 13.2 Å². The summed E-state index contributed by atoms with van der Waals surface area (Å²) >= 11 is 0. The summed E-state index contributed by atoms with van der Waals surface area (Å²) in [5, 5.41) is 4.95. The lowest BCUT2D eigenvalue weighted by atomic mass is 10.00. The molecule has 0 radical (unpaired) electrons. The van der Waals surface area contributed by atoms with Crippen molar-refractivity contribution < 1.29 is 22.7 Å². The van der Waals surface area contributed by atoms with Crippen molar-refractivity contribution in [3.05, 3.63) is 77.4 Å². The number of benzene rings is 3. The Morgan fingerprint density at radius 3 is 2.47 bits per heavy atom. The maximum absolute atomic E-state index is 12.4. The molecule has 3 aromatic rings. The van der Waals surface area contributed by atoms with E-state index in [0.717, 1.165) is 22.6 Å². The number of hydrogen-bond donors (Lipinski definition) is 1. The number of nitrogens with one attached hydrogen (secondary N) is 1. The first-order chi connectivity index (χ1) is 14.2. The van der Waals surface area contributed by atoms with Crippen molar-refractivity contribution in [1.29, 1.82) is 0 Å². The van der Waals surface area contributed by atoms with Gasteiger partial charge in [0, 0.05) is 6.26 Å². The Labute approximate surface area is 175 Å². The minimum atomic E-state index is -3.46. The molecule has 0 heterocycles. The second-order valence-corrected chi connectivity index (χ2v) is 9.20. The van der Waals surface area contributed by atoms with Gasteiger partial charge in [0.05, 0.1) is 16.5 Å². The van der Waals surface area contributed by atoms with Gasteiger partial charge in [-0.1, -0.05) is 48.5 Å². The number of carbonyl (C=O) groups is 2. The molecule has 156 valence electrons. The predicted molar refractivity (Wildman–Crippen MR) is 115 cm³/mol. The molecule has 3 rings (SSSR count). The lowest BCUT2D eigenvalue weighted by Crippen LogP contribution is -2.31. The summed E-state index contributed by atoms with van der Waals surface area (Å²) in [6.45, 7) is 3.07. The summed E-state index contributed by atoms with van der Waals surface area (Å²) in [7, 11) is -3.46. The van der Waals surface area contributed by atoms with E-state index >= 15 is 0 Å². The zero-order valence-corrected chi connectivity index (χ0v) is 17.8. The number of carbonyl (C=O) groups excluding carboxylic acids is 2. The minimum Gasteiger partial charge on any atom is -0.452 e. The van der Waals surface area contributed by atoms with Crippen LogP contribution in [0.2, 0.25) is 0 Å². The first-order valence-electron chi connectivity index (χ1n) is 9.41. The van der Waals surface area contributed by atoms with Gasteiger partial charge in [0.15, 0.2) is 16.4 Å². The van der Waals surface area contributed by atoms with Crippen LogP contribution in [0.5, 0.6) is 0 Å². The second kappa shape index (κ2) is 8.67. The Morgan fingerprint density at radius 1 is 1.03 bits per heavy atom. The molecular formula is C23H23NO5S. The van der Waals surface area contributed by atoms with Gasteiger partial charge < -0.3 is 10.1 Å². The Kier molecular flexibility index (Phi) is 6.22. The predicted octanol–water partition coefficient (Wildman–Crippen LogP) is 3.59. The third-order valence-electron chi connectivity index (χ3n) is 4.86. The van der Waals surface area contributed by atoms with E-state index in [-0.39, 0.29) is 16.5 Å². The number of ether oxygens (including phenoxy) is 1. The smallest absolute Gasteiger partial charge is 0.338 e. The first-order valence-corrected chi connectivity index (χ1v) is 11.3. The molecule has 0 aliphatic carbocycles. The average molecular weight is 426 g/mol. The fraction of sp³-hybridized carbons (Fsp3) is 0.217. The van der Waals surface area contributed by atoms with E-state index in [4.69, 9.17) is 4.74 Å². The Hall–Kier alpha value is -3.19. The van der Waals surface area contributed by atoms with E-state index in [0.29, 0.717) is 5.56 Å². The third kappa shape index (κ3) is 4.86. The van der Waals surface area contributed by atoms with E-state index in [2.05, 4.69) is 5.32 Å². The molecule has 1 atom stereocenters. The van der Waals surface area contributed by atoms with Crippen molar-refractivity contribution in [2.45, 2.75) is 24.8 Å². The van der Waals surface area contributed by atoms with Gasteiger partial charge in [-0.3, -0.25) is 4.79 Å². The SMILES string of the molecule is Cc1ccc(S(C)(=O)=O)cc1C(=O)OCC(=O)NC(C)c1cccc2ccccc12. The molecule has 3 aromatic carbocycles. The molecule has 1 unspecified atom stereocenters. The van der Waals surface area contributed by atoms with Crippen molar-refractivity contribution in [2.24, 2.45) is 0 Å². The monoisotopic (exact) mass is 425 g/mol. The fourth-order valence-electron chi connectivity index (χ4n) is 3.25. The lowest BCUT2D eigenvalue weighted by Gasteiger charge is -2.17. The number of hydrogen-bond acceptors (Lipinski definition) is 5. The standard InChI is InChI=1S/C23H23NO5S/c1-15-11-12-18(30(3,27)28)13-21(15)23(26)29-14-22(25)24-16(2)19-10-6-8-17-7-4-5-9-20(17)19/h4-13,16H,14H2,1-3H3,(H,24,25). The fourth-order valence-corrected chi connectivity index (χ4v) is 3.90. The van der Waals surface area contributed by atoms with E-state index in [1.54, 1.807) is 6.92 Å². The summed E-state index contributed by atoms with van der Waals surface area (Å²) < 4.78 is 28.6. The molecule has 0 aromatic heterocycles. The normalized spacial score (nSPS) is 12.4. The summed E-state index contributed by atoms with van der Waals surface area (Å²) in [5.41, 5.74) is 1.65. The molecule has 30 heavy (non-hydrogen) atoms. The Bertz CT molecular complexity index is 1210. The van der Waals surface area contributed by atoms with Crippen molar-refractivity contribution in [1.82, 2.24) is 5.32 Å². The molecule has 7 heteroatoms. The zero-order chi connectivity index (χ0) is 21.9. The molecule has 0 fully saturated rings. The Morgan fingerprint density at radius 2 is 1.73 bits per heavy atom. The van der Waals surface area contributed by atoms with Crippen LogP contribution >= 0.6 is 0 Å². The van der Waals surface area contributed by atoms with Crippen molar-refractivity contribution in [2.75, 3.05) is 12.9 Å². The molecule has 0 aliphatic rings. The van der Waals surface area contributed by atoms with Crippen molar-refractivity contribution in [3.63, 3.8) is 0 Å². The molecule has 0 saturated carbocycles. The van der Waals surface area contributed by atoms with Crippen LogP contribution in [-0.4, -0.2) is 33.2 Å². The van der Waals surface area contributed by atoms with Gasteiger partial charge in [0.2, 0.25) is 0 Å². The molecule has 1 amide bonds. The highest BCUT2D eigenvalue weighted by atomic mass is 32.2. The summed E-state index contributed by atoms with van der Waals surface area (Å²) in [6.07, 6.45) is 1.06. The highest BCUT2D eigenvalue weighted by molar-refractivity contribution is 7.90. The molecular weight excluding hydrogens is 402 g/mol. The van der Waals surface area contributed by atoms with Crippen molar-refractivity contribution in [3.8, 4) is 0 Å². The van der Waals surface area contributed by atoms with Crippen LogP contribution in [0.1, 0.15) is 34.5 Å². The highest BCUT2D eigenvalue weighted by Crippen LogP contribution is 2.24. The number of amides is 1. The van der Waals surface area contributed by atoms with Gasteiger partial charge >= 0.3 is 5.97 Å². The summed E-state index contributed by atoms with van der Waals surface area (Å²) in [6, 6.07) is 17.7. The van der Waals surface area contributed by atoms with Gasteiger partial charge in [0.1, 0.15) is 0 Å². The topological polar surface area (TPSA) is 89.5 Å². The molecule has 0 aliphatic heterocycles. The molecule has 0 saturated heterocycles. The van der Waals surface area contributed by atoms with Crippen LogP contribution in [0.3, 0.4) is 0 Å². The maximum Gasteiger partial charge on any atom is 0.338 e. The van der Waals surface area contributed by atoms with Gasteiger partial charge in [0.25, 0.3) is 5.91 Å². The van der Waals surface area contributed by atoms with Crippen LogP contribution in [0.4, 0.5) is 0 Å². The maximum atomic E-state index is 12.4. The first kappa shape index (κ1) is 21.5. The molecule has 0 spiro atoms. The van der Waals surface area contributed by atoms with Gasteiger partial charge in [-0.15, -0.1) is 0 Å². The van der Waals surface area contributed by atoms with E-state index in [1.165, 1.54) is 18.2 Å². The summed E-state index contributed by atoms with van der Waals surface area (Å²) in [4.78, 5) is 24.7. The zero-order valence-electron chi connectivity index (χ0n) is 17.0. The number of rotatable bonds is 6. The Balaban J connectivity index is 1.67. The number of sulfone groups is 1. The molecule has 6 nitrogen and oxygen atoms in total. The van der Waals surface area contributed by atoms with Gasteiger partial charge in [-0.05, 0) is 47.9 Å². The van der Waals surface area contributed by atoms with E-state index < -0.39 is 28.3 Å². The number of aryl methyl sites for hydroxylation is 1. The van der Waals surface area contributed by atoms with Crippen LogP contribution < -0.4 is 5.32 Å². The largest absolute Gasteiger partial charge is 0.452 e. The van der Waals surface area contributed by atoms with Crippen LogP contribution in [0.15, 0.2) is 65.6 Å². The van der Waals surface area contributed by atoms with Crippen LogP contribution in [0.25, 0.3) is 10.8 Å². The van der Waals surface area contributed by atoms with E-state index in [1.807, 2.05) is 49.4 Å². The van der Waals surface area contributed by atoms with Gasteiger partial charge in [-0.2, -0.15) is 0 Å². The second-order valence-electron chi connectivity index (χ2n) is 7.18. The lowest BCUT2D eigenvalue weighted by molar-refractivity contribution is -0.124. The van der Waals surface area contributed by atoms with Crippen LogP contribution in [0, 0.1) is 6.92 Å². The quantitative estimate of drug-likeness (QED) is 0.610. The molecule has 1 N–H and O–H groups in total. The van der Waals surface area contributed by atoms with E-state index in [9.17, 15) is 18.0 Å². The average Bonchev–Trinajstić information content (AvgIpc) is 2.71. The molecule has 0 bridgehead atoms. The number of fused-ring (bicyclic) bond motifs is 1.